The molecule has 128 valence electrons. The quantitative estimate of drug-likeness (QED) is 0.395. The van der Waals surface area contributed by atoms with Gasteiger partial charge in [-0.25, -0.2) is 0 Å². The molecular weight excluding hydrogens is 322 g/mol. The molecule has 1 aliphatic rings. The Bertz CT molecular complexity index is 907. The number of nitrogens with zero attached hydrogens (tertiary/aromatic N) is 1. The molecule has 0 aromatic heterocycles. The Morgan fingerprint density at radius 1 is 0.769 bits per heavy atom. The first-order valence-corrected chi connectivity index (χ1v) is 8.74. The first-order valence-electron chi connectivity index (χ1n) is 8.74. The predicted octanol–water partition coefficient (Wildman–Crippen LogP) is 4.27. The average Bonchev–Trinajstić information content (AvgIpc) is 2.71. The number of hydrogen-bond acceptors (Lipinski definition) is 2. The van der Waals surface area contributed by atoms with E-state index in [1.807, 2.05) is 78.9 Å². The van der Waals surface area contributed by atoms with Crippen LogP contribution in [0.2, 0.25) is 0 Å². The Morgan fingerprint density at radius 2 is 1.31 bits per heavy atom. The van der Waals surface area contributed by atoms with E-state index in [9.17, 15) is 9.59 Å². The van der Waals surface area contributed by atoms with Gasteiger partial charge in [-0.15, -0.1) is 0 Å². The monoisotopic (exact) mass is 341 g/mol. The van der Waals surface area contributed by atoms with E-state index in [0.29, 0.717) is 12.1 Å². The predicted molar refractivity (Wildman–Crippen MR) is 100 cm³/mol. The van der Waals surface area contributed by atoms with Crippen LogP contribution in [0.3, 0.4) is 0 Å². The van der Waals surface area contributed by atoms with Gasteiger partial charge >= 0.3 is 0 Å². The third-order valence-corrected chi connectivity index (χ3v) is 4.88. The number of carbonyl (C=O) groups is 2. The zero-order valence-electron chi connectivity index (χ0n) is 14.3. The lowest BCUT2D eigenvalue weighted by Gasteiger charge is -2.46. The third-order valence-electron chi connectivity index (χ3n) is 4.88. The molecule has 0 unspecified atom stereocenters. The van der Waals surface area contributed by atoms with Crippen molar-refractivity contribution >= 4 is 11.7 Å². The van der Waals surface area contributed by atoms with Crippen LogP contribution in [0.4, 0.5) is 0 Å². The summed E-state index contributed by atoms with van der Waals surface area (Å²) < 4.78 is 0. The van der Waals surface area contributed by atoms with Gasteiger partial charge in [-0.1, -0.05) is 91.0 Å². The van der Waals surface area contributed by atoms with E-state index in [1.54, 1.807) is 17.0 Å². The maximum atomic E-state index is 13.0. The molecule has 0 saturated carbocycles. The van der Waals surface area contributed by atoms with Gasteiger partial charge in [0.05, 0.1) is 6.04 Å². The van der Waals surface area contributed by atoms with Crippen LogP contribution in [0.15, 0.2) is 91.0 Å². The maximum Gasteiger partial charge on any atom is 0.236 e. The molecule has 2 atom stereocenters. The second kappa shape index (κ2) is 6.96. The Balaban J connectivity index is 1.66. The van der Waals surface area contributed by atoms with Crippen molar-refractivity contribution < 1.29 is 9.59 Å². The van der Waals surface area contributed by atoms with Gasteiger partial charge in [-0.3, -0.25) is 9.59 Å². The number of amides is 1. The zero-order valence-corrected chi connectivity index (χ0v) is 14.3. The topological polar surface area (TPSA) is 37.4 Å². The van der Waals surface area contributed by atoms with Gasteiger partial charge in [0, 0.05) is 12.1 Å². The summed E-state index contributed by atoms with van der Waals surface area (Å²) in [6.45, 7) is 0.512. The number of β-lactam (4-membered cyclic amide) rings is 1. The van der Waals surface area contributed by atoms with Crippen LogP contribution >= 0.6 is 0 Å². The SMILES string of the molecule is O=C(c1ccccc1)[C@@H]1C(=O)N(Cc2ccccc2)[C@H]1c1ccccc1. The van der Waals surface area contributed by atoms with E-state index < -0.39 is 5.92 Å². The molecule has 26 heavy (non-hydrogen) atoms. The van der Waals surface area contributed by atoms with Crippen LogP contribution < -0.4 is 0 Å². The van der Waals surface area contributed by atoms with Gasteiger partial charge in [-0.05, 0) is 11.1 Å². The maximum absolute atomic E-state index is 13.0. The molecule has 3 aromatic carbocycles. The van der Waals surface area contributed by atoms with Crippen LogP contribution in [-0.2, 0) is 11.3 Å². The molecule has 1 fully saturated rings. The van der Waals surface area contributed by atoms with E-state index >= 15 is 0 Å². The molecule has 1 amide bonds. The standard InChI is InChI=1S/C23H19NO2/c25-22(19-14-8-3-9-15-19)20-21(18-12-6-2-7-13-18)24(23(20)26)16-17-10-4-1-5-11-17/h1-15,20-21H,16H2/t20-,21+/m1/s1. The number of ketones is 1. The van der Waals surface area contributed by atoms with Gasteiger partial charge in [0.1, 0.15) is 5.92 Å². The highest BCUT2D eigenvalue weighted by molar-refractivity contribution is 6.13. The van der Waals surface area contributed by atoms with Crippen LogP contribution in [-0.4, -0.2) is 16.6 Å². The summed E-state index contributed by atoms with van der Waals surface area (Å²) in [5.74, 6) is -0.853. The zero-order chi connectivity index (χ0) is 17.9. The number of hydrogen-bond donors (Lipinski definition) is 0. The summed E-state index contributed by atoms with van der Waals surface area (Å²) in [6, 6.07) is 28.5. The minimum Gasteiger partial charge on any atom is -0.329 e. The lowest BCUT2D eigenvalue weighted by atomic mass is 9.77. The van der Waals surface area contributed by atoms with Crippen molar-refractivity contribution in [2.75, 3.05) is 0 Å². The second-order valence-electron chi connectivity index (χ2n) is 6.52. The lowest BCUT2D eigenvalue weighted by molar-refractivity contribution is -0.154. The number of likely N-dealkylation sites (tertiary alicyclic amines) is 1. The fourth-order valence-electron chi connectivity index (χ4n) is 3.57. The lowest BCUT2D eigenvalue weighted by Crippen LogP contribution is -2.57. The third kappa shape index (κ3) is 2.92. The Labute approximate surface area is 152 Å². The molecule has 0 radical (unpaired) electrons. The number of carbonyl (C=O) groups excluding carboxylic acids is 2. The molecular formula is C23H19NO2. The summed E-state index contributed by atoms with van der Waals surface area (Å²) in [6.07, 6.45) is 0. The molecule has 1 saturated heterocycles. The normalized spacial score (nSPS) is 19.1. The van der Waals surface area contributed by atoms with Crippen LogP contribution in [0, 0.1) is 5.92 Å². The molecule has 4 rings (SSSR count). The average molecular weight is 341 g/mol. The summed E-state index contributed by atoms with van der Waals surface area (Å²) in [5.41, 5.74) is 2.65. The van der Waals surface area contributed by atoms with Crippen molar-refractivity contribution in [1.29, 1.82) is 0 Å². The molecule has 1 heterocycles. The Morgan fingerprint density at radius 3 is 1.92 bits per heavy atom. The fourth-order valence-corrected chi connectivity index (χ4v) is 3.57. The molecule has 0 N–H and O–H groups in total. The van der Waals surface area contributed by atoms with Crippen molar-refractivity contribution in [3.8, 4) is 0 Å². The van der Waals surface area contributed by atoms with Gasteiger partial charge in [0.15, 0.2) is 5.78 Å². The van der Waals surface area contributed by atoms with E-state index in [1.165, 1.54) is 0 Å². The highest BCUT2D eigenvalue weighted by atomic mass is 16.2. The van der Waals surface area contributed by atoms with E-state index in [4.69, 9.17) is 0 Å². The van der Waals surface area contributed by atoms with E-state index in [0.717, 1.165) is 11.1 Å². The first-order chi connectivity index (χ1) is 12.8. The molecule has 0 spiro atoms. The van der Waals surface area contributed by atoms with Crippen molar-refractivity contribution in [3.63, 3.8) is 0 Å². The number of benzene rings is 3. The van der Waals surface area contributed by atoms with Gasteiger partial charge < -0.3 is 4.90 Å². The minimum atomic E-state index is -0.650. The highest BCUT2D eigenvalue weighted by Gasteiger charge is 2.51. The molecule has 3 heteroatoms. The van der Waals surface area contributed by atoms with E-state index in [2.05, 4.69) is 0 Å². The van der Waals surface area contributed by atoms with Crippen molar-refractivity contribution in [2.24, 2.45) is 5.92 Å². The first kappa shape index (κ1) is 16.3. The Hall–Kier alpha value is -3.20. The molecule has 3 nitrogen and oxygen atoms in total. The summed E-state index contributed by atoms with van der Waals surface area (Å²) >= 11 is 0. The van der Waals surface area contributed by atoms with Crippen molar-refractivity contribution in [3.05, 3.63) is 108 Å². The van der Waals surface area contributed by atoms with Gasteiger partial charge in [-0.2, -0.15) is 0 Å². The molecule has 0 aliphatic carbocycles. The summed E-state index contributed by atoms with van der Waals surface area (Å²) in [5, 5.41) is 0. The smallest absolute Gasteiger partial charge is 0.236 e. The fraction of sp³-hybridized carbons (Fsp3) is 0.130. The number of rotatable bonds is 5. The Kier molecular flexibility index (Phi) is 4.36. The van der Waals surface area contributed by atoms with Gasteiger partial charge in [0.25, 0.3) is 0 Å². The molecule has 3 aromatic rings. The van der Waals surface area contributed by atoms with Crippen LogP contribution in [0.25, 0.3) is 0 Å². The van der Waals surface area contributed by atoms with Crippen LogP contribution in [0.1, 0.15) is 27.5 Å². The minimum absolute atomic E-state index is 0.100. The second-order valence-corrected chi connectivity index (χ2v) is 6.52. The van der Waals surface area contributed by atoms with E-state index in [-0.39, 0.29) is 17.7 Å². The van der Waals surface area contributed by atoms with Crippen molar-refractivity contribution in [1.82, 2.24) is 4.90 Å². The molecule has 1 aliphatic heterocycles. The van der Waals surface area contributed by atoms with Crippen molar-refractivity contribution in [2.45, 2.75) is 12.6 Å². The largest absolute Gasteiger partial charge is 0.329 e. The number of Topliss-reactive ketones (excluding diaryl/α,β-unsaturated/α-hetero) is 1. The van der Waals surface area contributed by atoms with Gasteiger partial charge in [0.2, 0.25) is 5.91 Å². The highest BCUT2D eigenvalue weighted by Crippen LogP contribution is 2.42. The molecule has 0 bridgehead atoms. The summed E-state index contributed by atoms with van der Waals surface area (Å²) in [4.78, 5) is 27.6. The summed E-state index contributed by atoms with van der Waals surface area (Å²) in [7, 11) is 0. The van der Waals surface area contributed by atoms with Crippen LogP contribution in [0.5, 0.6) is 0 Å².